The molecule has 1 aromatic heterocycles. The zero-order valence-electron chi connectivity index (χ0n) is 16.7. The van der Waals surface area contributed by atoms with E-state index in [1.807, 2.05) is 24.3 Å². The van der Waals surface area contributed by atoms with E-state index >= 15 is 0 Å². The van der Waals surface area contributed by atoms with E-state index in [1.54, 1.807) is 0 Å². The first-order valence-corrected chi connectivity index (χ1v) is 10.5. The van der Waals surface area contributed by atoms with Gasteiger partial charge in [-0.25, -0.2) is 4.98 Å². The largest absolute Gasteiger partial charge is 0.331 e. The molecule has 146 valence electrons. The molecule has 4 nitrogen and oxygen atoms in total. The Hall–Kier alpha value is -2.62. The fraction of sp³-hybridized carbons (Fsp3) is 0.417. The lowest BCUT2D eigenvalue weighted by Crippen LogP contribution is -2.18. The molecule has 4 heteroatoms. The van der Waals surface area contributed by atoms with Crippen LogP contribution in [0.3, 0.4) is 0 Å². The van der Waals surface area contributed by atoms with Crippen molar-refractivity contribution >= 4 is 22.6 Å². The summed E-state index contributed by atoms with van der Waals surface area (Å²) in [6.07, 6.45) is 8.71. The van der Waals surface area contributed by atoms with E-state index in [0.717, 1.165) is 29.9 Å². The highest BCUT2D eigenvalue weighted by atomic mass is 16.1. The van der Waals surface area contributed by atoms with Crippen molar-refractivity contribution in [1.82, 2.24) is 9.55 Å². The van der Waals surface area contributed by atoms with Gasteiger partial charge in [0.25, 0.3) is 0 Å². The lowest BCUT2D eigenvalue weighted by molar-refractivity contribution is -0.117. The van der Waals surface area contributed by atoms with Crippen molar-refractivity contribution in [2.75, 3.05) is 5.32 Å². The first-order chi connectivity index (χ1) is 13.7. The Kier molecular flexibility index (Phi) is 5.75. The number of carbonyl (C=O) groups excluding carboxylic acids is 1. The molecule has 1 heterocycles. The molecular formula is C24H29N3O. The third kappa shape index (κ3) is 4.44. The van der Waals surface area contributed by atoms with Gasteiger partial charge in [-0.15, -0.1) is 0 Å². The van der Waals surface area contributed by atoms with Crippen molar-refractivity contribution in [3.05, 3.63) is 59.9 Å². The van der Waals surface area contributed by atoms with E-state index < -0.39 is 0 Å². The Morgan fingerprint density at radius 2 is 1.89 bits per heavy atom. The Balaban J connectivity index is 1.36. The minimum atomic E-state index is 0.152. The minimum Gasteiger partial charge on any atom is -0.331 e. The molecule has 2 aromatic carbocycles. The molecular weight excluding hydrogens is 346 g/mol. The quantitative estimate of drug-likeness (QED) is 0.638. The summed E-state index contributed by atoms with van der Waals surface area (Å²) in [5.41, 5.74) is 4.34. The van der Waals surface area contributed by atoms with Crippen LogP contribution in [0.2, 0.25) is 0 Å². The average Bonchev–Trinajstić information content (AvgIpc) is 3.03. The molecule has 0 unspecified atom stereocenters. The van der Waals surface area contributed by atoms with Crippen LogP contribution in [0.5, 0.6) is 0 Å². The van der Waals surface area contributed by atoms with E-state index in [1.165, 1.54) is 43.2 Å². The van der Waals surface area contributed by atoms with Crippen molar-refractivity contribution in [3.63, 3.8) is 0 Å². The molecule has 1 saturated carbocycles. The van der Waals surface area contributed by atoms with Gasteiger partial charge in [0.05, 0.1) is 11.0 Å². The topological polar surface area (TPSA) is 46.9 Å². The number of carbonyl (C=O) groups is 1. The van der Waals surface area contributed by atoms with Crippen LogP contribution in [0.25, 0.3) is 11.0 Å². The second kappa shape index (κ2) is 8.59. The van der Waals surface area contributed by atoms with Gasteiger partial charge < -0.3 is 9.88 Å². The standard InChI is InChI=1S/C24H29N3O/c1-27-22-13-6-5-12-21(22)26-23(27)15-14-19-10-7-11-20(16-19)25-24(28)17-18-8-3-2-4-9-18/h5-7,10-13,16,18H,2-4,8-9,14-15,17H2,1H3,(H,25,28). The summed E-state index contributed by atoms with van der Waals surface area (Å²) in [7, 11) is 2.08. The zero-order valence-corrected chi connectivity index (χ0v) is 16.7. The summed E-state index contributed by atoms with van der Waals surface area (Å²) in [6.45, 7) is 0. The maximum Gasteiger partial charge on any atom is 0.224 e. The van der Waals surface area contributed by atoms with Gasteiger partial charge in [0.1, 0.15) is 5.82 Å². The van der Waals surface area contributed by atoms with Gasteiger partial charge in [-0.05, 0) is 55.0 Å². The van der Waals surface area contributed by atoms with E-state index in [2.05, 4.69) is 41.2 Å². The molecule has 0 atom stereocenters. The fourth-order valence-electron chi connectivity index (χ4n) is 4.35. The van der Waals surface area contributed by atoms with Crippen LogP contribution in [0.4, 0.5) is 5.69 Å². The van der Waals surface area contributed by atoms with Crippen LogP contribution in [0.1, 0.15) is 49.9 Å². The zero-order chi connectivity index (χ0) is 19.3. The number of anilines is 1. The summed E-state index contributed by atoms with van der Waals surface area (Å²) in [6, 6.07) is 16.5. The van der Waals surface area contributed by atoms with E-state index in [0.29, 0.717) is 12.3 Å². The highest BCUT2D eigenvalue weighted by Crippen LogP contribution is 2.26. The molecule has 1 aliphatic rings. The number of nitrogens with one attached hydrogen (secondary N) is 1. The maximum absolute atomic E-state index is 12.4. The molecule has 1 N–H and O–H groups in total. The Labute approximate surface area is 167 Å². The number of imidazole rings is 1. The number of nitrogens with zero attached hydrogens (tertiary/aromatic N) is 2. The molecule has 1 amide bonds. The summed E-state index contributed by atoms with van der Waals surface area (Å²) >= 11 is 0. The average molecular weight is 376 g/mol. The van der Waals surface area contributed by atoms with Gasteiger partial charge in [0.15, 0.2) is 0 Å². The highest BCUT2D eigenvalue weighted by molar-refractivity contribution is 5.90. The molecule has 0 spiro atoms. The van der Waals surface area contributed by atoms with Crippen molar-refractivity contribution < 1.29 is 4.79 Å². The van der Waals surface area contributed by atoms with Gasteiger partial charge in [0.2, 0.25) is 5.91 Å². The number of benzene rings is 2. The SMILES string of the molecule is Cn1c(CCc2cccc(NC(=O)CC3CCCCC3)c2)nc2ccccc21. The Bertz CT molecular complexity index is 953. The number of amides is 1. The minimum absolute atomic E-state index is 0.152. The third-order valence-electron chi connectivity index (χ3n) is 5.93. The highest BCUT2D eigenvalue weighted by Gasteiger charge is 2.17. The predicted octanol–water partition coefficient (Wildman–Crippen LogP) is 5.27. The van der Waals surface area contributed by atoms with Crippen molar-refractivity contribution in [2.45, 2.75) is 51.4 Å². The Morgan fingerprint density at radius 1 is 1.07 bits per heavy atom. The number of hydrogen-bond acceptors (Lipinski definition) is 2. The van der Waals surface area contributed by atoms with Crippen LogP contribution in [-0.2, 0) is 24.7 Å². The monoisotopic (exact) mass is 375 g/mol. The van der Waals surface area contributed by atoms with E-state index in [9.17, 15) is 4.79 Å². The second-order valence-corrected chi connectivity index (χ2v) is 8.03. The number of rotatable bonds is 6. The summed E-state index contributed by atoms with van der Waals surface area (Å²) in [5.74, 6) is 1.81. The molecule has 0 saturated heterocycles. The molecule has 3 aromatic rings. The van der Waals surface area contributed by atoms with Gasteiger partial charge >= 0.3 is 0 Å². The number of para-hydroxylation sites is 2. The molecule has 0 aliphatic heterocycles. The normalized spacial score (nSPS) is 15.0. The van der Waals surface area contributed by atoms with Crippen molar-refractivity contribution in [1.29, 1.82) is 0 Å². The van der Waals surface area contributed by atoms with Crippen molar-refractivity contribution in [2.24, 2.45) is 13.0 Å². The van der Waals surface area contributed by atoms with Gasteiger partial charge in [0, 0.05) is 25.6 Å². The smallest absolute Gasteiger partial charge is 0.224 e. The first-order valence-electron chi connectivity index (χ1n) is 10.5. The van der Waals surface area contributed by atoms with Gasteiger partial charge in [-0.2, -0.15) is 0 Å². The Morgan fingerprint density at radius 3 is 2.71 bits per heavy atom. The van der Waals surface area contributed by atoms with Crippen molar-refractivity contribution in [3.8, 4) is 0 Å². The fourth-order valence-corrected chi connectivity index (χ4v) is 4.35. The van der Waals surface area contributed by atoms with Gasteiger partial charge in [-0.3, -0.25) is 4.79 Å². The van der Waals surface area contributed by atoms with Gasteiger partial charge in [-0.1, -0.05) is 43.5 Å². The second-order valence-electron chi connectivity index (χ2n) is 8.03. The van der Waals surface area contributed by atoms with Crippen LogP contribution in [-0.4, -0.2) is 15.5 Å². The van der Waals surface area contributed by atoms with Crippen LogP contribution in [0, 0.1) is 5.92 Å². The summed E-state index contributed by atoms with van der Waals surface area (Å²) in [4.78, 5) is 17.1. The number of hydrogen-bond donors (Lipinski definition) is 1. The maximum atomic E-state index is 12.4. The van der Waals surface area contributed by atoms with Crippen LogP contribution in [0.15, 0.2) is 48.5 Å². The lowest BCUT2D eigenvalue weighted by Gasteiger charge is -2.20. The van der Waals surface area contributed by atoms with E-state index in [4.69, 9.17) is 4.98 Å². The van der Waals surface area contributed by atoms with Crippen LogP contribution < -0.4 is 5.32 Å². The summed E-state index contributed by atoms with van der Waals surface area (Å²) < 4.78 is 2.17. The number of aryl methyl sites for hydroxylation is 3. The molecule has 0 bridgehead atoms. The first kappa shape index (κ1) is 18.7. The lowest BCUT2D eigenvalue weighted by atomic mass is 9.87. The number of fused-ring (bicyclic) bond motifs is 1. The van der Waals surface area contributed by atoms with E-state index in [-0.39, 0.29) is 5.91 Å². The number of aromatic nitrogens is 2. The molecule has 4 rings (SSSR count). The third-order valence-corrected chi connectivity index (χ3v) is 5.93. The molecule has 1 aliphatic carbocycles. The predicted molar refractivity (Wildman–Crippen MR) is 114 cm³/mol. The van der Waals surface area contributed by atoms with Crippen LogP contribution >= 0.6 is 0 Å². The molecule has 28 heavy (non-hydrogen) atoms. The molecule has 0 radical (unpaired) electrons. The molecule has 1 fully saturated rings. The summed E-state index contributed by atoms with van der Waals surface area (Å²) in [5, 5.41) is 3.10.